The Morgan fingerprint density at radius 2 is 1.94 bits per heavy atom. The first-order valence-corrected chi connectivity index (χ1v) is 6.18. The number of rotatable bonds is 5. The first-order chi connectivity index (χ1) is 7.37. The van der Waals surface area contributed by atoms with Crippen LogP contribution in [0.15, 0.2) is 24.3 Å². The van der Waals surface area contributed by atoms with Crippen LogP contribution in [-0.2, 0) is 14.8 Å². The van der Waals surface area contributed by atoms with Crippen LogP contribution >= 0.6 is 0 Å². The molecule has 88 valence electrons. The van der Waals surface area contributed by atoms with Crippen molar-refractivity contribution in [1.82, 2.24) is 0 Å². The molecule has 0 saturated carbocycles. The number of hydrogen-bond acceptors (Lipinski definition) is 4. The lowest BCUT2D eigenvalue weighted by Crippen LogP contribution is -2.10. The molecular weight excluding hydrogens is 234 g/mol. The van der Waals surface area contributed by atoms with Crippen molar-refractivity contribution in [3.8, 4) is 5.75 Å². The van der Waals surface area contributed by atoms with Gasteiger partial charge in [-0.1, -0.05) is 0 Å². The summed E-state index contributed by atoms with van der Waals surface area (Å²) in [5.74, 6) is -0.709. The number of aliphatic carboxylic acids is 1. The summed E-state index contributed by atoms with van der Waals surface area (Å²) < 4.78 is 28.9. The van der Waals surface area contributed by atoms with Crippen LogP contribution in [-0.4, -0.2) is 32.4 Å². The standard InChI is InChI=1S/C9H11NO5S/c1-16(13,14)10-7-2-4-8(5-3-7)15-6-9(11)12/h2-5,10H,6H2,1H3,(H,11,12). The molecule has 6 nitrogen and oxygen atoms in total. The summed E-state index contributed by atoms with van der Waals surface area (Å²) >= 11 is 0. The molecular formula is C9H11NO5S. The van der Waals surface area contributed by atoms with Gasteiger partial charge in [0.05, 0.1) is 6.26 Å². The number of anilines is 1. The van der Waals surface area contributed by atoms with Gasteiger partial charge >= 0.3 is 5.97 Å². The molecule has 0 aromatic heterocycles. The molecule has 0 bridgehead atoms. The molecule has 0 unspecified atom stereocenters. The minimum Gasteiger partial charge on any atom is -0.482 e. The lowest BCUT2D eigenvalue weighted by Gasteiger charge is -2.05. The maximum Gasteiger partial charge on any atom is 0.341 e. The summed E-state index contributed by atoms with van der Waals surface area (Å²) in [4.78, 5) is 10.2. The largest absolute Gasteiger partial charge is 0.482 e. The zero-order valence-electron chi connectivity index (χ0n) is 8.50. The highest BCUT2D eigenvalue weighted by molar-refractivity contribution is 7.92. The van der Waals surface area contributed by atoms with E-state index in [9.17, 15) is 13.2 Å². The highest BCUT2D eigenvalue weighted by Gasteiger charge is 2.02. The van der Waals surface area contributed by atoms with Gasteiger partial charge in [-0.2, -0.15) is 0 Å². The average Bonchev–Trinajstić information content (AvgIpc) is 2.14. The van der Waals surface area contributed by atoms with Gasteiger partial charge in [0.15, 0.2) is 6.61 Å². The zero-order valence-corrected chi connectivity index (χ0v) is 9.32. The van der Waals surface area contributed by atoms with Crippen LogP contribution in [0.25, 0.3) is 0 Å². The number of carboxylic acids is 1. The monoisotopic (exact) mass is 245 g/mol. The lowest BCUT2D eigenvalue weighted by molar-refractivity contribution is -0.139. The van der Waals surface area contributed by atoms with Crippen molar-refractivity contribution in [3.05, 3.63) is 24.3 Å². The van der Waals surface area contributed by atoms with Gasteiger partial charge in [-0.25, -0.2) is 13.2 Å². The molecule has 0 fully saturated rings. The smallest absolute Gasteiger partial charge is 0.341 e. The van der Waals surface area contributed by atoms with Gasteiger partial charge in [-0.15, -0.1) is 0 Å². The van der Waals surface area contributed by atoms with E-state index in [2.05, 4.69) is 4.72 Å². The summed E-state index contributed by atoms with van der Waals surface area (Å²) in [6.45, 7) is -0.432. The lowest BCUT2D eigenvalue weighted by atomic mass is 10.3. The number of hydrogen-bond donors (Lipinski definition) is 2. The van der Waals surface area contributed by atoms with Crippen LogP contribution < -0.4 is 9.46 Å². The van der Waals surface area contributed by atoms with Crippen LogP contribution in [0.2, 0.25) is 0 Å². The van der Waals surface area contributed by atoms with Gasteiger partial charge in [0.2, 0.25) is 10.0 Å². The van der Waals surface area contributed by atoms with E-state index in [1.807, 2.05) is 0 Å². The highest BCUT2D eigenvalue weighted by atomic mass is 32.2. The molecule has 16 heavy (non-hydrogen) atoms. The van der Waals surface area contributed by atoms with Crippen molar-refractivity contribution < 1.29 is 23.1 Å². The molecule has 1 aromatic carbocycles. The number of sulfonamides is 1. The number of carbonyl (C=O) groups is 1. The average molecular weight is 245 g/mol. The molecule has 0 spiro atoms. The van der Waals surface area contributed by atoms with Crippen LogP contribution in [0.3, 0.4) is 0 Å². The van der Waals surface area contributed by atoms with E-state index < -0.39 is 22.6 Å². The SMILES string of the molecule is CS(=O)(=O)Nc1ccc(OCC(=O)O)cc1. The Morgan fingerprint density at radius 1 is 1.38 bits per heavy atom. The van der Waals surface area contributed by atoms with Crippen molar-refractivity contribution in [1.29, 1.82) is 0 Å². The third kappa shape index (κ3) is 4.65. The molecule has 1 aromatic rings. The van der Waals surface area contributed by atoms with Crippen LogP contribution in [0.5, 0.6) is 5.75 Å². The van der Waals surface area contributed by atoms with E-state index >= 15 is 0 Å². The fourth-order valence-electron chi connectivity index (χ4n) is 0.978. The van der Waals surface area contributed by atoms with Crippen molar-refractivity contribution in [2.75, 3.05) is 17.6 Å². The number of carboxylic acid groups (broad SMARTS) is 1. The number of benzene rings is 1. The Hall–Kier alpha value is -1.76. The molecule has 0 amide bonds. The fraction of sp³-hybridized carbons (Fsp3) is 0.222. The van der Waals surface area contributed by atoms with Crippen molar-refractivity contribution >= 4 is 21.7 Å². The van der Waals surface area contributed by atoms with E-state index in [1.54, 1.807) is 0 Å². The molecule has 0 aliphatic carbocycles. The maximum absolute atomic E-state index is 10.9. The van der Waals surface area contributed by atoms with Crippen LogP contribution in [0, 0.1) is 0 Å². The molecule has 0 heterocycles. The van der Waals surface area contributed by atoms with E-state index in [0.29, 0.717) is 11.4 Å². The van der Waals surface area contributed by atoms with Gasteiger partial charge in [-0.3, -0.25) is 4.72 Å². The van der Waals surface area contributed by atoms with Crippen LogP contribution in [0.1, 0.15) is 0 Å². The maximum atomic E-state index is 10.9. The third-order valence-corrected chi connectivity index (χ3v) is 2.13. The van der Waals surface area contributed by atoms with E-state index in [-0.39, 0.29) is 0 Å². The molecule has 0 atom stereocenters. The number of nitrogens with one attached hydrogen (secondary N) is 1. The molecule has 0 saturated heterocycles. The summed E-state index contributed by atoms with van der Waals surface area (Å²) in [6, 6.07) is 5.93. The second-order valence-corrected chi connectivity index (χ2v) is 4.83. The minimum absolute atomic E-state index is 0.362. The number of ether oxygens (including phenoxy) is 1. The van der Waals surface area contributed by atoms with E-state index in [4.69, 9.17) is 9.84 Å². The Kier molecular flexibility index (Phi) is 3.73. The molecule has 0 aliphatic heterocycles. The first-order valence-electron chi connectivity index (χ1n) is 4.29. The summed E-state index contributed by atoms with van der Waals surface area (Å²) in [5.41, 5.74) is 0.394. The zero-order chi connectivity index (χ0) is 12.2. The second-order valence-electron chi connectivity index (χ2n) is 3.08. The molecule has 7 heteroatoms. The summed E-state index contributed by atoms with van der Waals surface area (Å²) in [6.07, 6.45) is 1.04. The topological polar surface area (TPSA) is 92.7 Å². The Bertz CT molecular complexity index is 465. The predicted octanol–water partition coefficient (Wildman–Crippen LogP) is 0.521. The highest BCUT2D eigenvalue weighted by Crippen LogP contribution is 2.16. The van der Waals surface area contributed by atoms with Crippen molar-refractivity contribution in [2.24, 2.45) is 0 Å². The molecule has 0 aliphatic rings. The molecule has 1 rings (SSSR count). The van der Waals surface area contributed by atoms with Crippen molar-refractivity contribution in [2.45, 2.75) is 0 Å². The van der Waals surface area contributed by atoms with E-state index in [0.717, 1.165) is 6.26 Å². The van der Waals surface area contributed by atoms with Gasteiger partial charge in [0, 0.05) is 5.69 Å². The Labute approximate surface area is 92.9 Å². The predicted molar refractivity (Wildman–Crippen MR) is 58.0 cm³/mol. The van der Waals surface area contributed by atoms with Gasteiger partial charge in [-0.05, 0) is 24.3 Å². The van der Waals surface area contributed by atoms with Gasteiger partial charge in [0.1, 0.15) is 5.75 Å². The van der Waals surface area contributed by atoms with Gasteiger partial charge < -0.3 is 9.84 Å². The third-order valence-electron chi connectivity index (χ3n) is 1.52. The molecule has 0 radical (unpaired) electrons. The first kappa shape index (κ1) is 12.3. The quantitative estimate of drug-likeness (QED) is 0.789. The Morgan fingerprint density at radius 3 is 2.38 bits per heavy atom. The second kappa shape index (κ2) is 4.84. The van der Waals surface area contributed by atoms with Gasteiger partial charge in [0.25, 0.3) is 0 Å². The summed E-state index contributed by atoms with van der Waals surface area (Å²) in [5, 5.41) is 8.37. The van der Waals surface area contributed by atoms with Crippen molar-refractivity contribution in [3.63, 3.8) is 0 Å². The summed E-state index contributed by atoms with van der Waals surface area (Å²) in [7, 11) is -3.30. The minimum atomic E-state index is -3.30. The Balaban J connectivity index is 2.64. The normalized spacial score (nSPS) is 10.8. The van der Waals surface area contributed by atoms with E-state index in [1.165, 1.54) is 24.3 Å². The van der Waals surface area contributed by atoms with Crippen LogP contribution in [0.4, 0.5) is 5.69 Å². The fourth-order valence-corrected chi connectivity index (χ4v) is 1.54. The molecule has 2 N–H and O–H groups in total.